The van der Waals surface area contributed by atoms with Gasteiger partial charge in [-0.15, -0.1) is 0 Å². The van der Waals surface area contributed by atoms with Crippen molar-refractivity contribution in [1.29, 1.82) is 0 Å². The van der Waals surface area contributed by atoms with Crippen molar-refractivity contribution in [2.45, 2.75) is 19.6 Å². The van der Waals surface area contributed by atoms with E-state index in [9.17, 15) is 13.6 Å². The number of amidine groups is 1. The number of nitrogens with one attached hydrogen (secondary N) is 1. The Morgan fingerprint density at radius 1 is 1.10 bits per heavy atom. The van der Waals surface area contributed by atoms with Crippen molar-refractivity contribution in [3.8, 4) is 17.2 Å². The first-order chi connectivity index (χ1) is 14.2. The van der Waals surface area contributed by atoms with Crippen molar-refractivity contribution in [3.05, 3.63) is 47.0 Å². The number of oxime groups is 1. The van der Waals surface area contributed by atoms with Gasteiger partial charge in [-0.25, -0.2) is 0 Å². The van der Waals surface area contributed by atoms with Gasteiger partial charge >= 0.3 is 6.61 Å². The predicted octanol–water partition coefficient (Wildman–Crippen LogP) is 3.62. The van der Waals surface area contributed by atoms with Crippen molar-refractivity contribution >= 4 is 29.0 Å². The fourth-order valence-corrected chi connectivity index (χ4v) is 2.50. The molecule has 2 rings (SSSR count). The number of hydrogen-bond donors (Lipinski definition) is 2. The molecular weight excluding hydrogens is 424 g/mol. The number of alkyl halides is 2. The van der Waals surface area contributed by atoms with Crippen LogP contribution in [0.5, 0.6) is 17.2 Å². The summed E-state index contributed by atoms with van der Waals surface area (Å²) in [5, 5.41) is 6.66. The highest BCUT2D eigenvalue weighted by Gasteiger charge is 2.17. The third-order valence-electron chi connectivity index (χ3n) is 3.77. The molecule has 0 heterocycles. The highest BCUT2D eigenvalue weighted by molar-refractivity contribution is 6.32. The minimum Gasteiger partial charge on any atom is -0.495 e. The first-order valence-corrected chi connectivity index (χ1v) is 8.89. The summed E-state index contributed by atoms with van der Waals surface area (Å²) in [5.41, 5.74) is 6.60. The van der Waals surface area contributed by atoms with Crippen LogP contribution in [0.3, 0.4) is 0 Å². The smallest absolute Gasteiger partial charge is 0.387 e. The van der Waals surface area contributed by atoms with Gasteiger partial charge in [-0.1, -0.05) is 16.8 Å². The number of nitrogens with zero attached hydrogens (tertiary/aromatic N) is 1. The van der Waals surface area contributed by atoms with Crippen LogP contribution in [-0.4, -0.2) is 38.7 Å². The van der Waals surface area contributed by atoms with Crippen LogP contribution < -0.4 is 25.3 Å². The third kappa shape index (κ3) is 6.11. The minimum absolute atomic E-state index is 0.0353. The number of anilines is 1. The number of carbonyl (C=O) groups excluding carboxylic acids is 1. The maximum atomic E-state index is 12.4. The molecule has 0 bridgehead atoms. The average molecular weight is 444 g/mol. The first kappa shape index (κ1) is 23.0. The Labute approximate surface area is 176 Å². The predicted molar refractivity (Wildman–Crippen MR) is 108 cm³/mol. The lowest BCUT2D eigenvalue weighted by Gasteiger charge is -2.13. The molecule has 0 fully saturated rings. The first-order valence-electron chi connectivity index (χ1n) is 8.52. The van der Waals surface area contributed by atoms with Gasteiger partial charge in [0.1, 0.15) is 5.75 Å². The molecule has 1 atom stereocenters. The number of benzene rings is 2. The number of ether oxygens (including phenoxy) is 3. The van der Waals surface area contributed by atoms with Crippen LogP contribution in [0.15, 0.2) is 41.6 Å². The number of hydrogen-bond acceptors (Lipinski definition) is 6. The molecule has 0 radical (unpaired) electrons. The maximum absolute atomic E-state index is 12.4. The lowest BCUT2D eigenvalue weighted by Crippen LogP contribution is -2.27. The van der Waals surface area contributed by atoms with E-state index in [4.69, 9.17) is 31.6 Å². The second kappa shape index (κ2) is 10.5. The Hall–Kier alpha value is -3.27. The quantitative estimate of drug-likeness (QED) is 0.348. The summed E-state index contributed by atoms with van der Waals surface area (Å²) < 4.78 is 39.2. The van der Waals surface area contributed by atoms with Gasteiger partial charge in [0.05, 0.1) is 19.2 Å². The van der Waals surface area contributed by atoms with Crippen molar-refractivity contribution in [1.82, 2.24) is 0 Å². The van der Waals surface area contributed by atoms with E-state index in [0.29, 0.717) is 22.0 Å². The van der Waals surface area contributed by atoms with Gasteiger partial charge in [0.2, 0.25) is 6.10 Å². The van der Waals surface area contributed by atoms with Crippen molar-refractivity contribution in [3.63, 3.8) is 0 Å². The monoisotopic (exact) mass is 443 g/mol. The van der Waals surface area contributed by atoms with Crippen molar-refractivity contribution in [2.24, 2.45) is 10.9 Å². The van der Waals surface area contributed by atoms with E-state index >= 15 is 0 Å². The highest BCUT2D eigenvalue weighted by Crippen LogP contribution is 2.29. The molecule has 1 amide bonds. The molecule has 0 aliphatic carbocycles. The molecule has 2 aromatic rings. The third-order valence-corrected chi connectivity index (χ3v) is 4.07. The van der Waals surface area contributed by atoms with E-state index in [-0.39, 0.29) is 17.3 Å². The molecule has 0 saturated heterocycles. The molecule has 2 aromatic carbocycles. The van der Waals surface area contributed by atoms with Crippen LogP contribution in [0.2, 0.25) is 5.02 Å². The second-order valence-corrected chi connectivity index (χ2v) is 6.21. The highest BCUT2D eigenvalue weighted by atomic mass is 35.5. The average Bonchev–Trinajstić information content (AvgIpc) is 2.71. The van der Waals surface area contributed by atoms with E-state index in [2.05, 4.69) is 15.2 Å². The lowest BCUT2D eigenvalue weighted by atomic mass is 10.2. The van der Waals surface area contributed by atoms with E-state index < -0.39 is 18.6 Å². The number of rotatable bonds is 9. The van der Waals surface area contributed by atoms with Crippen LogP contribution in [0.25, 0.3) is 0 Å². The molecule has 8 nitrogen and oxygen atoms in total. The van der Waals surface area contributed by atoms with Crippen LogP contribution in [0.1, 0.15) is 12.5 Å². The van der Waals surface area contributed by atoms with E-state index in [1.54, 1.807) is 12.1 Å². The minimum atomic E-state index is -3.00. The van der Waals surface area contributed by atoms with E-state index in [0.717, 1.165) is 0 Å². The van der Waals surface area contributed by atoms with Gasteiger partial charge in [0.15, 0.2) is 17.3 Å². The van der Waals surface area contributed by atoms with Gasteiger partial charge < -0.3 is 30.1 Å². The standard InChI is InChI=1S/C19H20ClF2N3O5/c1-10(18(26)24-12-5-7-14(27-2)13(20)9-12)30-25-17(23)11-4-6-15(29-19(21)22)16(8-11)28-3/h4-10,19H,1-3H3,(H2,23,25)(H,24,26). The molecule has 0 spiro atoms. The molecule has 0 saturated carbocycles. The number of carbonyl (C=O) groups is 1. The summed E-state index contributed by atoms with van der Waals surface area (Å²) in [6.45, 7) is -1.53. The Bertz CT molecular complexity index is 927. The van der Waals surface area contributed by atoms with Crippen LogP contribution in [0, 0.1) is 0 Å². The molecular formula is C19H20ClF2N3O5. The van der Waals surface area contributed by atoms with Gasteiger partial charge in [-0.2, -0.15) is 8.78 Å². The zero-order valence-corrected chi connectivity index (χ0v) is 17.1. The Morgan fingerprint density at radius 3 is 2.37 bits per heavy atom. The van der Waals surface area contributed by atoms with Gasteiger partial charge in [0, 0.05) is 11.3 Å². The molecule has 0 aliphatic heterocycles. The van der Waals surface area contributed by atoms with Crippen LogP contribution in [-0.2, 0) is 9.63 Å². The number of amides is 1. The number of nitrogens with two attached hydrogens (primary N) is 1. The van der Waals surface area contributed by atoms with Crippen LogP contribution >= 0.6 is 11.6 Å². The summed E-state index contributed by atoms with van der Waals surface area (Å²) in [5.74, 6) is -0.240. The molecule has 162 valence electrons. The lowest BCUT2D eigenvalue weighted by molar-refractivity contribution is -0.126. The van der Waals surface area contributed by atoms with Crippen molar-refractivity contribution < 1.29 is 32.6 Å². The zero-order chi connectivity index (χ0) is 22.3. The van der Waals surface area contributed by atoms with Crippen molar-refractivity contribution in [2.75, 3.05) is 19.5 Å². The van der Waals surface area contributed by atoms with Gasteiger partial charge in [0.25, 0.3) is 5.91 Å². The summed E-state index contributed by atoms with van der Waals surface area (Å²) in [6, 6.07) is 8.75. The second-order valence-electron chi connectivity index (χ2n) is 5.81. The summed E-state index contributed by atoms with van der Waals surface area (Å²) in [6.07, 6.45) is -0.993. The molecule has 11 heteroatoms. The maximum Gasteiger partial charge on any atom is 0.387 e. The van der Waals surface area contributed by atoms with Crippen LogP contribution in [0.4, 0.5) is 14.5 Å². The topological polar surface area (TPSA) is 104 Å². The molecule has 0 aromatic heterocycles. The van der Waals surface area contributed by atoms with E-state index in [1.807, 2.05) is 0 Å². The number of methoxy groups -OCH3 is 2. The SMILES string of the molecule is COc1ccc(NC(=O)C(C)O/N=C(/N)c2ccc(OC(F)F)c(OC)c2)cc1Cl. The summed E-state index contributed by atoms with van der Waals surface area (Å²) >= 11 is 6.02. The van der Waals surface area contributed by atoms with Gasteiger partial charge in [-0.3, -0.25) is 4.79 Å². The normalized spacial score (nSPS) is 12.3. The summed E-state index contributed by atoms with van der Waals surface area (Å²) in [7, 11) is 2.77. The van der Waals surface area contributed by atoms with E-state index in [1.165, 1.54) is 45.4 Å². The Morgan fingerprint density at radius 2 is 1.77 bits per heavy atom. The zero-order valence-electron chi connectivity index (χ0n) is 16.3. The fraction of sp³-hybridized carbons (Fsp3) is 0.263. The summed E-state index contributed by atoms with van der Waals surface area (Å²) in [4.78, 5) is 17.4. The number of halogens is 3. The largest absolute Gasteiger partial charge is 0.495 e. The molecule has 1 unspecified atom stereocenters. The Kier molecular flexibility index (Phi) is 8.05. The Balaban J connectivity index is 2.03. The fourth-order valence-electron chi connectivity index (χ4n) is 2.24. The molecule has 3 N–H and O–H groups in total. The molecule has 30 heavy (non-hydrogen) atoms. The van der Waals surface area contributed by atoms with Gasteiger partial charge in [-0.05, 0) is 43.3 Å². The molecule has 0 aliphatic rings.